The predicted molar refractivity (Wildman–Crippen MR) is 58.7 cm³/mol. The second-order valence-corrected chi connectivity index (χ2v) is 8.51. The molecule has 68 valence electrons. The average Bonchev–Trinajstić information content (AvgIpc) is 1.85. The topological polar surface area (TPSA) is 0 Å². The van der Waals surface area contributed by atoms with E-state index in [1.165, 1.54) is 11.6 Å². The monoisotopic (exact) mass is 222 g/mol. The van der Waals surface area contributed by atoms with Crippen LogP contribution >= 0.6 is 0 Å². The minimum absolute atomic E-state index is 0. The van der Waals surface area contributed by atoms with Gasteiger partial charge in [0.05, 0.1) is 0 Å². The molecule has 0 spiro atoms. The van der Waals surface area contributed by atoms with E-state index in [1.54, 1.807) is 0 Å². The third-order valence-corrected chi connectivity index (χ3v) is 2.89. The molecule has 0 bridgehead atoms. The van der Waals surface area contributed by atoms with Crippen molar-refractivity contribution in [1.82, 2.24) is 0 Å². The van der Waals surface area contributed by atoms with Crippen molar-refractivity contribution in [3.63, 3.8) is 0 Å². The van der Waals surface area contributed by atoms with Gasteiger partial charge in [0, 0.05) is 0 Å². The molecule has 0 atom stereocenters. The molecule has 0 amide bonds. The Balaban J connectivity index is 0. The SMILES string of the molecule is [CH2-][Si](C)(C)Cc1ccccc1.[Cl-].[Mg+2]. The second kappa shape index (κ2) is 6.87. The Kier molecular flexibility index (Phi) is 8.43. The van der Waals surface area contributed by atoms with E-state index >= 15 is 0 Å². The van der Waals surface area contributed by atoms with Crippen LogP contribution in [0.15, 0.2) is 30.3 Å². The normalized spacial score (nSPS) is 9.77. The average molecular weight is 223 g/mol. The van der Waals surface area contributed by atoms with E-state index < -0.39 is 8.07 Å². The fourth-order valence-electron chi connectivity index (χ4n) is 1.15. The molecular weight excluding hydrogens is 208 g/mol. The predicted octanol–water partition coefficient (Wildman–Crippen LogP) is -0.527. The maximum absolute atomic E-state index is 4.20. The summed E-state index contributed by atoms with van der Waals surface area (Å²) < 4.78 is 0. The first-order chi connectivity index (χ1) is 5.08. The van der Waals surface area contributed by atoms with Crippen LogP contribution in [-0.4, -0.2) is 31.1 Å². The van der Waals surface area contributed by atoms with E-state index in [4.69, 9.17) is 0 Å². The smallest absolute Gasteiger partial charge is 1.00 e. The number of halogens is 1. The first-order valence-electron chi connectivity index (χ1n) is 3.97. The van der Waals surface area contributed by atoms with Crippen molar-refractivity contribution in [2.75, 3.05) is 0 Å². The van der Waals surface area contributed by atoms with E-state index in [2.05, 4.69) is 50.0 Å². The van der Waals surface area contributed by atoms with Gasteiger partial charge >= 0.3 is 23.1 Å². The first-order valence-corrected chi connectivity index (χ1v) is 7.39. The standard InChI is InChI=1S/C10H15Si.ClH.Mg/c1-11(2,3)9-10-7-5-4-6-8-10;;/h4-8H,1,9H2,2-3H3;1H;/q-1;;+2/p-1. The number of benzene rings is 1. The maximum atomic E-state index is 4.20. The largest absolute Gasteiger partial charge is 2.00 e. The van der Waals surface area contributed by atoms with E-state index in [1.807, 2.05) is 0 Å². The Hall–Kier alpha value is 0.493. The molecular formula is C10H15ClMgSi. The molecule has 1 aromatic rings. The Morgan fingerprint density at radius 2 is 1.62 bits per heavy atom. The third-order valence-electron chi connectivity index (χ3n) is 1.53. The van der Waals surface area contributed by atoms with Crippen LogP contribution in [0.4, 0.5) is 0 Å². The minimum Gasteiger partial charge on any atom is -1.00 e. The van der Waals surface area contributed by atoms with Crippen molar-refractivity contribution in [2.24, 2.45) is 0 Å². The van der Waals surface area contributed by atoms with Crippen molar-refractivity contribution in [3.05, 3.63) is 42.4 Å². The van der Waals surface area contributed by atoms with Gasteiger partial charge in [0.15, 0.2) is 0 Å². The molecule has 1 rings (SSSR count). The van der Waals surface area contributed by atoms with Crippen molar-refractivity contribution in [3.8, 4) is 0 Å². The van der Waals surface area contributed by atoms with Crippen molar-refractivity contribution in [1.29, 1.82) is 0 Å². The summed E-state index contributed by atoms with van der Waals surface area (Å²) in [7, 11) is -1.15. The fourth-order valence-corrected chi connectivity index (χ4v) is 2.49. The van der Waals surface area contributed by atoms with Gasteiger partial charge < -0.3 is 19.0 Å². The zero-order valence-corrected chi connectivity index (χ0v) is 11.6. The summed E-state index contributed by atoms with van der Waals surface area (Å²) >= 11 is 0. The van der Waals surface area contributed by atoms with Gasteiger partial charge in [-0.1, -0.05) is 63.1 Å². The van der Waals surface area contributed by atoms with Gasteiger partial charge in [-0.15, -0.1) is 0 Å². The summed E-state index contributed by atoms with van der Waals surface area (Å²) in [5.74, 6) is 0. The molecule has 0 aromatic heterocycles. The van der Waals surface area contributed by atoms with Crippen molar-refractivity contribution >= 4 is 31.1 Å². The summed E-state index contributed by atoms with van der Waals surface area (Å²) in [5.41, 5.74) is 1.43. The Labute approximate surface area is 105 Å². The van der Waals surface area contributed by atoms with Crippen LogP contribution in [0.2, 0.25) is 13.1 Å². The maximum Gasteiger partial charge on any atom is 2.00 e. The summed E-state index contributed by atoms with van der Waals surface area (Å²) in [5, 5.41) is 0. The zero-order chi connectivity index (χ0) is 8.32. The van der Waals surface area contributed by atoms with Crippen LogP contribution in [0.5, 0.6) is 0 Å². The van der Waals surface area contributed by atoms with Crippen LogP contribution in [0, 0.1) is 6.55 Å². The second-order valence-electron chi connectivity index (χ2n) is 3.83. The van der Waals surface area contributed by atoms with Crippen LogP contribution in [0.1, 0.15) is 5.56 Å². The van der Waals surface area contributed by atoms with Crippen molar-refractivity contribution < 1.29 is 12.4 Å². The molecule has 1 aromatic carbocycles. The van der Waals surface area contributed by atoms with E-state index in [0.29, 0.717) is 0 Å². The van der Waals surface area contributed by atoms with E-state index in [-0.39, 0.29) is 35.5 Å². The molecule has 0 aliphatic heterocycles. The van der Waals surface area contributed by atoms with Crippen molar-refractivity contribution in [2.45, 2.75) is 19.1 Å². The van der Waals surface area contributed by atoms with E-state index in [0.717, 1.165) is 0 Å². The van der Waals surface area contributed by atoms with Crippen LogP contribution in [0.3, 0.4) is 0 Å². The van der Waals surface area contributed by atoms with Crippen LogP contribution in [-0.2, 0) is 6.04 Å². The molecule has 0 N–H and O–H groups in total. The number of hydrogen-bond donors (Lipinski definition) is 0. The third kappa shape index (κ3) is 7.56. The van der Waals surface area contributed by atoms with Gasteiger partial charge in [0.1, 0.15) is 0 Å². The summed E-state index contributed by atoms with van der Waals surface area (Å²) in [6.07, 6.45) is 0. The molecule has 13 heavy (non-hydrogen) atoms. The molecule has 0 nitrogen and oxygen atoms in total. The minimum atomic E-state index is -1.15. The molecule has 0 saturated heterocycles. The molecule has 0 fully saturated rings. The summed E-state index contributed by atoms with van der Waals surface area (Å²) in [6.45, 7) is 8.79. The first kappa shape index (κ1) is 15.9. The summed E-state index contributed by atoms with van der Waals surface area (Å²) in [6, 6.07) is 11.8. The molecule has 0 unspecified atom stereocenters. The quantitative estimate of drug-likeness (QED) is 0.467. The van der Waals surface area contributed by atoms with Gasteiger partial charge in [-0.3, -0.25) is 0 Å². The molecule has 0 aliphatic rings. The zero-order valence-electron chi connectivity index (χ0n) is 8.39. The van der Waals surface area contributed by atoms with Gasteiger partial charge in [-0.25, -0.2) is 0 Å². The fraction of sp³-hybridized carbons (Fsp3) is 0.300. The van der Waals surface area contributed by atoms with Gasteiger partial charge in [0.2, 0.25) is 0 Å². The van der Waals surface area contributed by atoms with Crippen LogP contribution < -0.4 is 12.4 Å². The van der Waals surface area contributed by atoms with Gasteiger partial charge in [0.25, 0.3) is 0 Å². The molecule has 0 heterocycles. The molecule has 0 saturated carbocycles. The number of rotatable bonds is 2. The van der Waals surface area contributed by atoms with E-state index in [9.17, 15) is 0 Å². The molecule has 0 radical (unpaired) electrons. The molecule has 0 aliphatic carbocycles. The van der Waals surface area contributed by atoms with Gasteiger partial charge in [-0.05, 0) is 0 Å². The Bertz CT molecular complexity index is 218. The van der Waals surface area contributed by atoms with Crippen LogP contribution in [0.25, 0.3) is 0 Å². The summed E-state index contributed by atoms with van der Waals surface area (Å²) in [4.78, 5) is 0. The Morgan fingerprint density at radius 1 is 1.15 bits per heavy atom. The number of hydrogen-bond acceptors (Lipinski definition) is 0. The van der Waals surface area contributed by atoms with Gasteiger partial charge in [-0.2, -0.15) is 0 Å². The Morgan fingerprint density at radius 3 is 2.00 bits per heavy atom. The molecule has 3 heteroatoms.